The normalized spacial score (nSPS) is 17.4. The van der Waals surface area contributed by atoms with Crippen LogP contribution in [0.1, 0.15) is 61.5 Å². The first kappa shape index (κ1) is 25.8. The molecule has 2 heterocycles. The Morgan fingerprint density at radius 1 is 1.05 bits per heavy atom. The van der Waals surface area contributed by atoms with Crippen LogP contribution in [0.25, 0.3) is 16.6 Å². The van der Waals surface area contributed by atoms with Gasteiger partial charge in [0.1, 0.15) is 17.1 Å². The molecule has 1 aliphatic rings. The van der Waals surface area contributed by atoms with Gasteiger partial charge in [-0.15, -0.1) is 0 Å². The molecule has 0 bridgehead atoms. The molecule has 1 aliphatic carbocycles. The van der Waals surface area contributed by atoms with Crippen molar-refractivity contribution in [2.75, 3.05) is 7.11 Å². The van der Waals surface area contributed by atoms with E-state index in [2.05, 4.69) is 11.9 Å². The minimum Gasteiger partial charge on any atom is -0.497 e. The van der Waals surface area contributed by atoms with Crippen LogP contribution in [0.15, 0.2) is 65.6 Å². The van der Waals surface area contributed by atoms with Crippen molar-refractivity contribution in [3.05, 3.63) is 82.4 Å². The van der Waals surface area contributed by atoms with Crippen molar-refractivity contribution in [2.45, 2.75) is 65.0 Å². The highest BCUT2D eigenvalue weighted by molar-refractivity contribution is 5.97. The lowest BCUT2D eigenvalue weighted by molar-refractivity contribution is 0.0902. The molecule has 5 rings (SSSR count). The van der Waals surface area contributed by atoms with Crippen molar-refractivity contribution in [2.24, 2.45) is 5.92 Å². The van der Waals surface area contributed by atoms with E-state index >= 15 is 0 Å². The number of carbonyl (C=O) groups is 1. The first-order chi connectivity index (χ1) is 18.5. The van der Waals surface area contributed by atoms with E-state index in [1.807, 2.05) is 66.2 Å². The average molecular weight is 514 g/mol. The Bertz CT molecular complexity index is 1480. The summed E-state index contributed by atoms with van der Waals surface area (Å²) < 4.78 is 15.3. The number of hydrogen-bond donors (Lipinski definition) is 0. The molecular formula is C31H35N3O4. The predicted molar refractivity (Wildman–Crippen MR) is 149 cm³/mol. The standard InChI is InChI=1S/C31H35N3O4/c1-4-18-33-21(2)30(31(36)34(33)23-8-6-5-7-9-23)28(35)19-22-10-12-24(13-11-22)38-29-16-17-32-27-20-25(37-3)14-15-26(27)29/h5-9,14-17,20,22,24H,4,10-13,18-19H2,1-3H3. The summed E-state index contributed by atoms with van der Waals surface area (Å²) in [5.74, 6) is 1.79. The molecule has 0 spiro atoms. The first-order valence-electron chi connectivity index (χ1n) is 13.5. The van der Waals surface area contributed by atoms with Crippen LogP contribution in [0.4, 0.5) is 0 Å². The molecule has 0 radical (unpaired) electrons. The SMILES string of the molecule is CCCn1c(C)c(C(=O)CC2CCC(Oc3ccnc4cc(OC)ccc34)CC2)c(=O)n1-c1ccccc1. The maximum atomic E-state index is 13.5. The summed E-state index contributed by atoms with van der Waals surface area (Å²) in [5, 5.41) is 0.965. The number of ketones is 1. The lowest BCUT2D eigenvalue weighted by atomic mass is 9.83. The van der Waals surface area contributed by atoms with Crippen molar-refractivity contribution < 1.29 is 14.3 Å². The Morgan fingerprint density at radius 3 is 2.53 bits per heavy atom. The molecule has 0 amide bonds. The van der Waals surface area contributed by atoms with E-state index in [4.69, 9.17) is 9.47 Å². The fourth-order valence-electron chi connectivity index (χ4n) is 5.60. The van der Waals surface area contributed by atoms with Crippen LogP contribution in [0.2, 0.25) is 0 Å². The van der Waals surface area contributed by atoms with Gasteiger partial charge in [-0.25, -0.2) is 4.68 Å². The molecule has 7 heteroatoms. The van der Waals surface area contributed by atoms with Gasteiger partial charge in [-0.05, 0) is 75.3 Å². The van der Waals surface area contributed by atoms with Crippen LogP contribution in [0.5, 0.6) is 11.5 Å². The lowest BCUT2D eigenvalue weighted by Gasteiger charge is -2.29. The quantitative estimate of drug-likeness (QED) is 0.252. The van der Waals surface area contributed by atoms with E-state index < -0.39 is 0 Å². The molecule has 4 aromatic rings. The molecule has 198 valence electrons. The molecule has 2 aromatic carbocycles. The average Bonchev–Trinajstić information content (AvgIpc) is 3.19. The number of para-hydroxylation sites is 1. The molecular weight excluding hydrogens is 478 g/mol. The van der Waals surface area contributed by atoms with Crippen molar-refractivity contribution >= 4 is 16.7 Å². The van der Waals surface area contributed by atoms with Crippen LogP contribution >= 0.6 is 0 Å². The number of hydrogen-bond acceptors (Lipinski definition) is 5. The van der Waals surface area contributed by atoms with Gasteiger partial charge < -0.3 is 9.47 Å². The monoisotopic (exact) mass is 513 g/mol. The smallest absolute Gasteiger partial charge is 0.282 e. The Labute approximate surface area is 223 Å². The number of Topliss-reactive ketones (excluding diaryl/α,β-unsaturated/α-hetero) is 1. The molecule has 7 nitrogen and oxygen atoms in total. The van der Waals surface area contributed by atoms with E-state index in [0.29, 0.717) is 18.5 Å². The zero-order valence-corrected chi connectivity index (χ0v) is 22.4. The zero-order valence-electron chi connectivity index (χ0n) is 22.4. The molecule has 38 heavy (non-hydrogen) atoms. The number of carbonyl (C=O) groups excluding carboxylic acids is 1. The fourth-order valence-corrected chi connectivity index (χ4v) is 5.60. The number of nitrogens with zero attached hydrogens (tertiary/aromatic N) is 3. The summed E-state index contributed by atoms with van der Waals surface area (Å²) in [4.78, 5) is 31.4. The summed E-state index contributed by atoms with van der Waals surface area (Å²) in [7, 11) is 1.64. The third-order valence-electron chi connectivity index (χ3n) is 7.58. The number of ether oxygens (including phenoxy) is 2. The van der Waals surface area contributed by atoms with Gasteiger partial charge in [0, 0.05) is 36.3 Å². The molecule has 0 aliphatic heterocycles. The van der Waals surface area contributed by atoms with Gasteiger partial charge in [0.2, 0.25) is 0 Å². The highest BCUT2D eigenvalue weighted by Gasteiger charge is 2.29. The van der Waals surface area contributed by atoms with Gasteiger partial charge in [-0.3, -0.25) is 19.3 Å². The minimum absolute atomic E-state index is 0.0505. The van der Waals surface area contributed by atoms with Crippen molar-refractivity contribution in [3.63, 3.8) is 0 Å². The second-order valence-electron chi connectivity index (χ2n) is 10.1. The maximum absolute atomic E-state index is 13.5. The summed E-state index contributed by atoms with van der Waals surface area (Å²) in [6.45, 7) is 4.65. The topological polar surface area (TPSA) is 75.4 Å². The van der Waals surface area contributed by atoms with Crippen LogP contribution in [-0.2, 0) is 6.54 Å². The van der Waals surface area contributed by atoms with Crippen LogP contribution in [0.3, 0.4) is 0 Å². The van der Waals surface area contributed by atoms with Crippen LogP contribution in [0, 0.1) is 12.8 Å². The Hall–Kier alpha value is -3.87. The summed E-state index contributed by atoms with van der Waals surface area (Å²) in [6.07, 6.45) is 6.67. The van der Waals surface area contributed by atoms with E-state index in [0.717, 1.165) is 65.9 Å². The number of rotatable bonds is 9. The van der Waals surface area contributed by atoms with E-state index in [9.17, 15) is 9.59 Å². The van der Waals surface area contributed by atoms with Crippen LogP contribution in [-0.4, -0.2) is 33.3 Å². The molecule has 0 atom stereocenters. The van der Waals surface area contributed by atoms with Gasteiger partial charge in [0.05, 0.1) is 24.4 Å². The zero-order chi connectivity index (χ0) is 26.6. The lowest BCUT2D eigenvalue weighted by Crippen LogP contribution is -2.27. The maximum Gasteiger partial charge on any atom is 0.282 e. The summed E-state index contributed by atoms with van der Waals surface area (Å²) in [6, 6.07) is 17.3. The summed E-state index contributed by atoms with van der Waals surface area (Å²) >= 11 is 0. The van der Waals surface area contributed by atoms with Crippen molar-refractivity contribution in [1.29, 1.82) is 0 Å². The highest BCUT2D eigenvalue weighted by Crippen LogP contribution is 2.33. The molecule has 1 fully saturated rings. The third-order valence-corrected chi connectivity index (χ3v) is 7.58. The number of aromatic nitrogens is 3. The van der Waals surface area contributed by atoms with Gasteiger partial charge in [0.15, 0.2) is 5.78 Å². The largest absolute Gasteiger partial charge is 0.497 e. The highest BCUT2D eigenvalue weighted by atomic mass is 16.5. The summed E-state index contributed by atoms with van der Waals surface area (Å²) in [5.41, 5.74) is 2.49. The fraction of sp³-hybridized carbons (Fsp3) is 0.387. The molecule has 2 aromatic heterocycles. The number of fused-ring (bicyclic) bond motifs is 1. The number of pyridine rings is 1. The molecule has 0 saturated heterocycles. The van der Waals surface area contributed by atoms with E-state index in [-0.39, 0.29) is 23.4 Å². The molecule has 0 unspecified atom stereocenters. The van der Waals surface area contributed by atoms with Crippen molar-refractivity contribution in [3.8, 4) is 17.2 Å². The van der Waals surface area contributed by atoms with E-state index in [1.165, 1.54) is 0 Å². The van der Waals surface area contributed by atoms with Crippen LogP contribution < -0.4 is 15.0 Å². The predicted octanol–water partition coefficient (Wildman–Crippen LogP) is 6.12. The Kier molecular flexibility index (Phi) is 7.63. The minimum atomic E-state index is -0.217. The van der Waals surface area contributed by atoms with E-state index in [1.54, 1.807) is 18.0 Å². The van der Waals surface area contributed by atoms with Gasteiger partial charge in [0.25, 0.3) is 5.56 Å². The van der Waals surface area contributed by atoms with Crippen molar-refractivity contribution in [1.82, 2.24) is 14.3 Å². The molecule has 0 N–H and O–H groups in total. The Balaban J connectivity index is 1.26. The Morgan fingerprint density at radius 2 is 1.82 bits per heavy atom. The number of benzene rings is 2. The van der Waals surface area contributed by atoms with Gasteiger partial charge in [-0.2, -0.15) is 0 Å². The van der Waals surface area contributed by atoms with Gasteiger partial charge >= 0.3 is 0 Å². The van der Waals surface area contributed by atoms with Gasteiger partial charge in [-0.1, -0.05) is 25.1 Å². The first-order valence-corrected chi connectivity index (χ1v) is 13.5. The second kappa shape index (κ2) is 11.3. The second-order valence-corrected chi connectivity index (χ2v) is 10.1. The third kappa shape index (κ3) is 5.10. The number of methoxy groups -OCH3 is 1. The molecule has 1 saturated carbocycles.